The van der Waals surface area contributed by atoms with Crippen molar-refractivity contribution in [2.24, 2.45) is 0 Å². The average Bonchev–Trinajstić information content (AvgIpc) is 2.70. The van der Waals surface area contributed by atoms with Crippen LogP contribution < -0.4 is 15.4 Å². The van der Waals surface area contributed by atoms with Gasteiger partial charge in [0.2, 0.25) is 0 Å². The van der Waals surface area contributed by atoms with Crippen LogP contribution in [-0.4, -0.2) is 18.4 Å². The summed E-state index contributed by atoms with van der Waals surface area (Å²) in [5.74, 6) is 0.138. The van der Waals surface area contributed by atoms with Crippen molar-refractivity contribution in [1.82, 2.24) is 0 Å². The summed E-state index contributed by atoms with van der Waals surface area (Å²) < 4.78 is 6.21. The minimum Gasteiger partial charge on any atom is -0.494 e. The van der Waals surface area contributed by atoms with Gasteiger partial charge in [0.05, 0.1) is 17.9 Å². The Morgan fingerprint density at radius 1 is 0.893 bits per heavy atom. The van der Waals surface area contributed by atoms with Crippen LogP contribution in [0.25, 0.3) is 0 Å². The van der Waals surface area contributed by atoms with E-state index < -0.39 is 0 Å². The fourth-order valence-corrected chi connectivity index (χ4v) is 3.01. The van der Waals surface area contributed by atoms with Crippen molar-refractivity contribution in [1.29, 1.82) is 0 Å². The summed E-state index contributed by atoms with van der Waals surface area (Å²) in [4.78, 5) is 25.2. The van der Waals surface area contributed by atoms with E-state index in [2.05, 4.69) is 26.6 Å². The molecule has 0 spiro atoms. The van der Waals surface area contributed by atoms with Crippen molar-refractivity contribution < 1.29 is 14.3 Å². The number of para-hydroxylation sites is 1. The minimum absolute atomic E-state index is 0.289. The van der Waals surface area contributed by atoms with Crippen LogP contribution in [-0.2, 0) is 0 Å². The van der Waals surface area contributed by atoms with E-state index in [4.69, 9.17) is 4.74 Å². The van der Waals surface area contributed by atoms with Crippen molar-refractivity contribution in [3.05, 3.63) is 88.4 Å². The molecule has 5 nitrogen and oxygen atoms in total. The highest BCUT2D eigenvalue weighted by Gasteiger charge is 2.14. The maximum absolute atomic E-state index is 12.7. The van der Waals surface area contributed by atoms with Crippen molar-refractivity contribution in [2.75, 3.05) is 17.2 Å². The first kappa shape index (κ1) is 19.6. The van der Waals surface area contributed by atoms with Crippen LogP contribution in [0.15, 0.2) is 77.3 Å². The monoisotopic (exact) mass is 438 g/mol. The van der Waals surface area contributed by atoms with Gasteiger partial charge >= 0.3 is 0 Å². The number of hydrogen-bond donors (Lipinski definition) is 2. The van der Waals surface area contributed by atoms with Crippen LogP contribution in [0.4, 0.5) is 11.4 Å². The van der Waals surface area contributed by atoms with E-state index in [1.807, 2.05) is 13.0 Å². The fourth-order valence-electron chi connectivity index (χ4n) is 2.61. The number of benzene rings is 3. The normalized spacial score (nSPS) is 10.2. The molecule has 0 aliphatic rings. The van der Waals surface area contributed by atoms with Crippen molar-refractivity contribution >= 4 is 39.1 Å². The van der Waals surface area contributed by atoms with E-state index in [0.717, 1.165) is 10.2 Å². The number of carbonyl (C=O) groups is 2. The van der Waals surface area contributed by atoms with Gasteiger partial charge in [-0.25, -0.2) is 0 Å². The second kappa shape index (κ2) is 9.19. The van der Waals surface area contributed by atoms with Gasteiger partial charge in [0.1, 0.15) is 5.75 Å². The quantitative estimate of drug-likeness (QED) is 0.544. The molecular weight excluding hydrogens is 420 g/mol. The summed E-state index contributed by atoms with van der Waals surface area (Å²) >= 11 is 3.35. The molecule has 0 bridgehead atoms. The topological polar surface area (TPSA) is 67.4 Å². The van der Waals surface area contributed by atoms with Crippen molar-refractivity contribution in [3.63, 3.8) is 0 Å². The first-order valence-corrected chi connectivity index (χ1v) is 9.56. The lowest BCUT2D eigenvalue weighted by Gasteiger charge is -2.12. The van der Waals surface area contributed by atoms with E-state index in [-0.39, 0.29) is 11.8 Å². The van der Waals surface area contributed by atoms with Gasteiger partial charge in [0.25, 0.3) is 11.8 Å². The summed E-state index contributed by atoms with van der Waals surface area (Å²) in [6, 6.07) is 21.1. The van der Waals surface area contributed by atoms with Gasteiger partial charge < -0.3 is 15.4 Å². The lowest BCUT2D eigenvalue weighted by molar-refractivity contribution is 0.102. The van der Waals surface area contributed by atoms with Gasteiger partial charge in [-0.2, -0.15) is 0 Å². The third kappa shape index (κ3) is 4.98. The molecule has 0 unspecified atom stereocenters. The van der Waals surface area contributed by atoms with E-state index >= 15 is 0 Å². The molecular formula is C22H19BrN2O3. The number of nitrogens with one attached hydrogen (secondary N) is 2. The largest absolute Gasteiger partial charge is 0.494 e. The Hall–Kier alpha value is -3.12. The van der Waals surface area contributed by atoms with Crippen LogP contribution >= 0.6 is 15.9 Å². The molecule has 0 atom stereocenters. The highest BCUT2D eigenvalue weighted by Crippen LogP contribution is 2.21. The standard InChI is InChI=1S/C22H19BrN2O3/c1-2-28-18-12-10-17(11-13-18)24-22(27)19-8-3-4-9-20(19)25-21(26)15-6-5-7-16(23)14-15/h3-14H,2H2,1H3,(H,24,27)(H,25,26). The number of anilines is 2. The molecule has 0 heterocycles. The Balaban J connectivity index is 1.75. The number of halogens is 1. The van der Waals surface area contributed by atoms with Crippen LogP contribution in [0, 0.1) is 0 Å². The zero-order valence-corrected chi connectivity index (χ0v) is 16.8. The molecule has 3 aromatic rings. The maximum atomic E-state index is 12.7. The van der Waals surface area contributed by atoms with Gasteiger partial charge in [0.15, 0.2) is 0 Å². The van der Waals surface area contributed by atoms with Crippen LogP contribution in [0.2, 0.25) is 0 Å². The Bertz CT molecular complexity index is 987. The predicted molar refractivity (Wildman–Crippen MR) is 114 cm³/mol. The van der Waals surface area contributed by atoms with Crippen LogP contribution in [0.5, 0.6) is 5.75 Å². The Labute approximate surface area is 171 Å². The van der Waals surface area contributed by atoms with Gasteiger partial charge in [-0.1, -0.05) is 34.1 Å². The highest BCUT2D eigenvalue weighted by molar-refractivity contribution is 9.10. The third-order valence-corrected chi connectivity index (χ3v) is 4.42. The molecule has 0 aliphatic carbocycles. The summed E-state index contributed by atoms with van der Waals surface area (Å²) in [6.45, 7) is 2.49. The Morgan fingerprint density at radius 3 is 2.36 bits per heavy atom. The fraction of sp³-hybridized carbons (Fsp3) is 0.0909. The molecule has 0 saturated carbocycles. The summed E-state index contributed by atoms with van der Waals surface area (Å²) in [7, 11) is 0. The molecule has 2 amide bonds. The van der Waals surface area contributed by atoms with Gasteiger partial charge in [-0.3, -0.25) is 9.59 Å². The lowest BCUT2D eigenvalue weighted by Crippen LogP contribution is -2.18. The van der Waals surface area contributed by atoms with Gasteiger partial charge in [0, 0.05) is 15.7 Å². The minimum atomic E-state index is -0.311. The average molecular weight is 439 g/mol. The van der Waals surface area contributed by atoms with E-state index in [0.29, 0.717) is 29.1 Å². The smallest absolute Gasteiger partial charge is 0.257 e. The number of carbonyl (C=O) groups excluding carboxylic acids is 2. The maximum Gasteiger partial charge on any atom is 0.257 e. The van der Waals surface area contributed by atoms with Crippen molar-refractivity contribution in [3.8, 4) is 5.75 Å². The van der Waals surface area contributed by atoms with Crippen LogP contribution in [0.1, 0.15) is 27.6 Å². The highest BCUT2D eigenvalue weighted by atomic mass is 79.9. The summed E-state index contributed by atoms with van der Waals surface area (Å²) in [5, 5.41) is 5.64. The first-order chi connectivity index (χ1) is 13.6. The predicted octanol–water partition coefficient (Wildman–Crippen LogP) is 5.35. The third-order valence-electron chi connectivity index (χ3n) is 3.93. The lowest BCUT2D eigenvalue weighted by atomic mass is 10.1. The second-order valence-corrected chi connectivity index (χ2v) is 6.84. The summed E-state index contributed by atoms with van der Waals surface area (Å²) in [5.41, 5.74) is 1.95. The second-order valence-electron chi connectivity index (χ2n) is 5.92. The molecule has 0 aliphatic heterocycles. The molecule has 142 valence electrons. The van der Waals surface area contributed by atoms with Gasteiger partial charge in [-0.15, -0.1) is 0 Å². The number of ether oxygens (including phenoxy) is 1. The molecule has 28 heavy (non-hydrogen) atoms. The zero-order valence-electron chi connectivity index (χ0n) is 15.2. The molecule has 0 aromatic heterocycles. The molecule has 2 N–H and O–H groups in total. The number of rotatable bonds is 6. The van der Waals surface area contributed by atoms with E-state index in [1.54, 1.807) is 66.7 Å². The van der Waals surface area contributed by atoms with Crippen LogP contribution in [0.3, 0.4) is 0 Å². The first-order valence-electron chi connectivity index (χ1n) is 8.77. The molecule has 3 aromatic carbocycles. The Kier molecular flexibility index (Phi) is 6.45. The van der Waals surface area contributed by atoms with E-state index in [1.165, 1.54) is 0 Å². The number of amides is 2. The SMILES string of the molecule is CCOc1ccc(NC(=O)c2ccccc2NC(=O)c2cccc(Br)c2)cc1. The molecule has 6 heteroatoms. The zero-order chi connectivity index (χ0) is 19.9. The molecule has 0 saturated heterocycles. The van der Waals surface area contributed by atoms with Crippen molar-refractivity contribution in [2.45, 2.75) is 6.92 Å². The summed E-state index contributed by atoms with van der Waals surface area (Å²) in [6.07, 6.45) is 0. The van der Waals surface area contributed by atoms with Gasteiger partial charge in [-0.05, 0) is 61.5 Å². The van der Waals surface area contributed by atoms with E-state index in [9.17, 15) is 9.59 Å². The molecule has 0 radical (unpaired) electrons. The number of hydrogen-bond acceptors (Lipinski definition) is 3. The Morgan fingerprint density at radius 2 is 1.64 bits per heavy atom. The molecule has 0 fully saturated rings. The molecule has 3 rings (SSSR count).